The van der Waals surface area contributed by atoms with Crippen molar-refractivity contribution < 1.29 is 14.0 Å². The van der Waals surface area contributed by atoms with Crippen molar-refractivity contribution in [3.05, 3.63) is 33.9 Å². The Morgan fingerprint density at radius 2 is 2.10 bits per heavy atom. The number of hydrogen-bond acceptors (Lipinski definition) is 6. The maximum absolute atomic E-state index is 5.59. The average Bonchev–Trinajstić information content (AvgIpc) is 2.85. The molecule has 1 aliphatic rings. The molecule has 1 aromatic carbocycles. The number of aryl methyl sites for hydroxylation is 1. The van der Waals surface area contributed by atoms with Gasteiger partial charge in [0.2, 0.25) is 5.89 Å². The molecule has 0 atom stereocenters. The minimum atomic E-state index is 0.535. The first-order valence-corrected chi connectivity index (χ1v) is 7.09. The van der Waals surface area contributed by atoms with E-state index < -0.39 is 0 Å². The molecule has 1 aliphatic heterocycles. The van der Waals surface area contributed by atoms with Gasteiger partial charge in [-0.2, -0.15) is 4.98 Å². The van der Waals surface area contributed by atoms with Crippen molar-refractivity contribution in [1.29, 1.82) is 0 Å². The molecule has 2 heterocycles. The van der Waals surface area contributed by atoms with E-state index in [2.05, 4.69) is 31.4 Å². The van der Waals surface area contributed by atoms with Gasteiger partial charge in [0.05, 0.1) is 11.0 Å². The lowest BCUT2D eigenvalue weighted by atomic mass is 10.2. The quantitative estimate of drug-likeness (QED) is 0.920. The summed E-state index contributed by atoms with van der Waals surface area (Å²) in [6.07, 6.45) is 0. The van der Waals surface area contributed by atoms with Crippen molar-refractivity contribution in [2.24, 2.45) is 0 Å². The Labute approximate surface area is 124 Å². The van der Waals surface area contributed by atoms with Crippen LogP contribution < -0.4 is 14.8 Å². The number of ether oxygens (including phenoxy) is 2. The van der Waals surface area contributed by atoms with E-state index in [4.69, 9.17) is 14.0 Å². The third kappa shape index (κ3) is 2.94. The summed E-state index contributed by atoms with van der Waals surface area (Å²) < 4.78 is 17.1. The molecule has 0 saturated carbocycles. The zero-order valence-electron chi connectivity index (χ0n) is 11.0. The van der Waals surface area contributed by atoms with Gasteiger partial charge in [-0.05, 0) is 40.5 Å². The van der Waals surface area contributed by atoms with Crippen LogP contribution in [0.3, 0.4) is 0 Å². The van der Waals surface area contributed by atoms with Crippen LogP contribution in [-0.4, -0.2) is 23.4 Å². The predicted molar refractivity (Wildman–Crippen MR) is 74.7 cm³/mol. The second kappa shape index (κ2) is 5.80. The smallest absolute Gasteiger partial charge is 0.240 e. The van der Waals surface area contributed by atoms with E-state index in [9.17, 15) is 0 Å². The van der Waals surface area contributed by atoms with E-state index in [0.717, 1.165) is 21.5 Å². The zero-order chi connectivity index (χ0) is 13.9. The Morgan fingerprint density at radius 3 is 2.90 bits per heavy atom. The van der Waals surface area contributed by atoms with E-state index in [1.807, 2.05) is 12.1 Å². The van der Waals surface area contributed by atoms with Crippen LogP contribution >= 0.6 is 15.9 Å². The van der Waals surface area contributed by atoms with Gasteiger partial charge in [0.25, 0.3) is 0 Å². The molecular formula is C13H14BrN3O3. The summed E-state index contributed by atoms with van der Waals surface area (Å²) in [6, 6.07) is 3.99. The minimum Gasteiger partial charge on any atom is -0.486 e. The Morgan fingerprint density at radius 1 is 1.25 bits per heavy atom. The van der Waals surface area contributed by atoms with E-state index in [1.54, 1.807) is 6.92 Å². The highest BCUT2D eigenvalue weighted by atomic mass is 79.9. The highest BCUT2D eigenvalue weighted by Gasteiger charge is 2.16. The number of rotatable bonds is 4. The summed E-state index contributed by atoms with van der Waals surface area (Å²) in [7, 11) is 0. The first kappa shape index (κ1) is 13.4. The summed E-state index contributed by atoms with van der Waals surface area (Å²) in [5.74, 6) is 2.77. The molecule has 106 valence electrons. The van der Waals surface area contributed by atoms with Crippen molar-refractivity contribution >= 4 is 15.9 Å². The number of hydrogen-bond donors (Lipinski definition) is 1. The van der Waals surface area contributed by atoms with Crippen molar-refractivity contribution in [3.8, 4) is 11.5 Å². The summed E-state index contributed by atoms with van der Waals surface area (Å²) in [5.41, 5.74) is 1.09. The number of fused-ring (bicyclic) bond motifs is 1. The van der Waals surface area contributed by atoms with Gasteiger partial charge in [-0.25, -0.2) is 0 Å². The molecule has 0 bridgehead atoms. The average molecular weight is 340 g/mol. The maximum Gasteiger partial charge on any atom is 0.240 e. The van der Waals surface area contributed by atoms with E-state index in [0.29, 0.717) is 38.0 Å². The molecule has 0 spiro atoms. The molecule has 0 saturated heterocycles. The molecule has 1 N–H and O–H groups in total. The SMILES string of the molecule is Cc1noc(CNCc2cc(Br)c3c(c2)OCCO3)n1. The fourth-order valence-electron chi connectivity index (χ4n) is 1.99. The van der Waals surface area contributed by atoms with Crippen LogP contribution in [0.2, 0.25) is 0 Å². The van der Waals surface area contributed by atoms with Crippen LogP contribution in [0.5, 0.6) is 11.5 Å². The maximum atomic E-state index is 5.59. The lowest BCUT2D eigenvalue weighted by molar-refractivity contribution is 0.170. The summed E-state index contributed by atoms with van der Waals surface area (Å²) in [5, 5.41) is 7.00. The summed E-state index contributed by atoms with van der Waals surface area (Å²) in [6.45, 7) is 4.17. The van der Waals surface area contributed by atoms with Gasteiger partial charge >= 0.3 is 0 Å². The normalized spacial score (nSPS) is 13.5. The molecule has 1 aromatic heterocycles. The zero-order valence-corrected chi connectivity index (χ0v) is 12.6. The van der Waals surface area contributed by atoms with Gasteiger partial charge in [-0.15, -0.1) is 0 Å². The van der Waals surface area contributed by atoms with Gasteiger partial charge in [0.1, 0.15) is 13.2 Å². The highest BCUT2D eigenvalue weighted by Crippen LogP contribution is 2.38. The van der Waals surface area contributed by atoms with Crippen molar-refractivity contribution in [3.63, 3.8) is 0 Å². The van der Waals surface area contributed by atoms with Crippen molar-refractivity contribution in [2.75, 3.05) is 13.2 Å². The molecule has 2 aromatic rings. The minimum absolute atomic E-state index is 0.535. The first-order chi connectivity index (χ1) is 9.72. The Hall–Kier alpha value is -1.60. The number of nitrogens with one attached hydrogen (secondary N) is 1. The Bertz CT molecular complexity index is 615. The molecule has 0 aliphatic carbocycles. The standard InChI is InChI=1S/C13H14BrN3O3/c1-8-16-12(20-17-8)7-15-6-9-4-10(14)13-11(5-9)18-2-3-19-13/h4-5,15H,2-3,6-7H2,1H3. The highest BCUT2D eigenvalue weighted by molar-refractivity contribution is 9.10. The first-order valence-electron chi connectivity index (χ1n) is 6.30. The third-order valence-corrected chi connectivity index (χ3v) is 3.42. The molecule has 6 nitrogen and oxygen atoms in total. The molecule has 0 unspecified atom stereocenters. The second-order valence-electron chi connectivity index (χ2n) is 4.44. The molecule has 0 radical (unpaired) electrons. The lowest BCUT2D eigenvalue weighted by Gasteiger charge is -2.20. The van der Waals surface area contributed by atoms with Gasteiger partial charge in [0, 0.05) is 6.54 Å². The lowest BCUT2D eigenvalue weighted by Crippen LogP contribution is -2.17. The largest absolute Gasteiger partial charge is 0.486 e. The molecule has 3 rings (SSSR count). The number of halogens is 1. The second-order valence-corrected chi connectivity index (χ2v) is 5.30. The molecule has 7 heteroatoms. The molecule has 0 amide bonds. The fraction of sp³-hybridized carbons (Fsp3) is 0.385. The molecular weight excluding hydrogens is 326 g/mol. The Kier molecular flexibility index (Phi) is 3.88. The number of aromatic nitrogens is 2. The van der Waals surface area contributed by atoms with E-state index in [1.165, 1.54) is 0 Å². The fourth-order valence-corrected chi connectivity index (χ4v) is 2.60. The monoisotopic (exact) mass is 339 g/mol. The van der Waals surface area contributed by atoms with E-state index >= 15 is 0 Å². The van der Waals surface area contributed by atoms with Gasteiger partial charge < -0.3 is 19.3 Å². The van der Waals surface area contributed by atoms with Crippen LogP contribution in [0.25, 0.3) is 0 Å². The topological polar surface area (TPSA) is 69.4 Å². The van der Waals surface area contributed by atoms with E-state index in [-0.39, 0.29) is 0 Å². The van der Waals surface area contributed by atoms with Crippen LogP contribution in [0, 0.1) is 6.92 Å². The van der Waals surface area contributed by atoms with Gasteiger partial charge in [0.15, 0.2) is 17.3 Å². The van der Waals surface area contributed by atoms with Crippen molar-refractivity contribution in [2.45, 2.75) is 20.0 Å². The number of nitrogens with zero attached hydrogens (tertiary/aromatic N) is 2. The molecule has 0 fully saturated rings. The van der Waals surface area contributed by atoms with Crippen LogP contribution in [0.1, 0.15) is 17.3 Å². The summed E-state index contributed by atoms with van der Waals surface area (Å²) >= 11 is 3.50. The Balaban J connectivity index is 1.64. The number of benzene rings is 1. The van der Waals surface area contributed by atoms with Gasteiger partial charge in [-0.1, -0.05) is 5.16 Å². The molecule has 20 heavy (non-hydrogen) atoms. The van der Waals surface area contributed by atoms with Gasteiger partial charge in [-0.3, -0.25) is 0 Å². The van der Waals surface area contributed by atoms with Crippen LogP contribution in [0.4, 0.5) is 0 Å². The van der Waals surface area contributed by atoms with Crippen molar-refractivity contribution in [1.82, 2.24) is 15.5 Å². The summed E-state index contributed by atoms with van der Waals surface area (Å²) in [4.78, 5) is 4.14. The third-order valence-electron chi connectivity index (χ3n) is 2.83. The predicted octanol–water partition coefficient (Wildman–Crippen LogP) is 2.20. The van der Waals surface area contributed by atoms with Crippen LogP contribution in [0.15, 0.2) is 21.1 Å². The van der Waals surface area contributed by atoms with Crippen LogP contribution in [-0.2, 0) is 13.1 Å².